The Bertz CT molecular complexity index is 558. The maximum atomic E-state index is 5.99. The maximum Gasteiger partial charge on any atom is 0.0991 e. The van der Waals surface area contributed by atoms with Crippen LogP contribution in [0.4, 0.5) is 0 Å². The first-order valence-electron chi connectivity index (χ1n) is 8.05. The first-order valence-corrected chi connectivity index (χ1v) is 8.05. The first-order chi connectivity index (χ1) is 10.8. The Labute approximate surface area is 132 Å². The third kappa shape index (κ3) is 3.74. The van der Waals surface area contributed by atoms with Crippen molar-refractivity contribution in [1.82, 2.24) is 10.4 Å². The van der Waals surface area contributed by atoms with Crippen LogP contribution in [0.1, 0.15) is 24.2 Å². The Morgan fingerprint density at radius 1 is 1.05 bits per heavy atom. The van der Waals surface area contributed by atoms with Gasteiger partial charge in [-0.25, -0.2) is 5.01 Å². The summed E-state index contributed by atoms with van der Waals surface area (Å²) in [5, 5.41) is 2.32. The van der Waals surface area contributed by atoms with Gasteiger partial charge in [-0.2, -0.15) is 0 Å². The van der Waals surface area contributed by atoms with Crippen molar-refractivity contribution in [3.63, 3.8) is 0 Å². The maximum absolute atomic E-state index is 5.99. The molecule has 3 nitrogen and oxygen atoms in total. The number of hydrogen-bond acceptors (Lipinski definition) is 3. The highest BCUT2D eigenvalue weighted by Gasteiger charge is 2.29. The van der Waals surface area contributed by atoms with Gasteiger partial charge in [0.2, 0.25) is 0 Å². The van der Waals surface area contributed by atoms with Gasteiger partial charge in [0, 0.05) is 13.1 Å². The van der Waals surface area contributed by atoms with Crippen molar-refractivity contribution in [2.45, 2.75) is 25.5 Å². The lowest BCUT2D eigenvalue weighted by Gasteiger charge is -2.39. The highest BCUT2D eigenvalue weighted by molar-refractivity contribution is 5.19. The summed E-state index contributed by atoms with van der Waals surface area (Å²) >= 11 is 0. The van der Waals surface area contributed by atoms with Crippen LogP contribution in [-0.4, -0.2) is 30.7 Å². The molecule has 2 aromatic carbocycles. The minimum Gasteiger partial charge on any atom is -0.370 e. The van der Waals surface area contributed by atoms with E-state index in [0.29, 0.717) is 6.04 Å². The molecular weight excluding hydrogens is 272 g/mol. The topological polar surface area (TPSA) is 24.5 Å². The number of nitrogens with one attached hydrogen (secondary N) is 1. The number of hydrogen-bond donors (Lipinski definition) is 1. The molecule has 0 saturated carbocycles. The molecule has 0 aliphatic carbocycles. The van der Waals surface area contributed by atoms with Crippen LogP contribution in [0, 0.1) is 0 Å². The predicted molar refractivity (Wildman–Crippen MR) is 89.5 cm³/mol. The van der Waals surface area contributed by atoms with Crippen LogP contribution in [0.2, 0.25) is 0 Å². The zero-order valence-electron chi connectivity index (χ0n) is 13.1. The number of benzene rings is 2. The van der Waals surface area contributed by atoms with E-state index in [0.717, 1.165) is 26.1 Å². The lowest BCUT2D eigenvalue weighted by atomic mass is 10.0. The second-order valence-corrected chi connectivity index (χ2v) is 5.78. The molecule has 2 aromatic rings. The van der Waals surface area contributed by atoms with Gasteiger partial charge in [0.15, 0.2) is 0 Å². The molecule has 1 saturated heterocycles. The van der Waals surface area contributed by atoms with E-state index in [1.165, 1.54) is 11.1 Å². The van der Waals surface area contributed by atoms with Crippen molar-refractivity contribution in [3.05, 3.63) is 71.8 Å². The zero-order valence-corrected chi connectivity index (χ0v) is 13.1. The first kappa shape index (κ1) is 15.2. The molecule has 116 valence electrons. The van der Waals surface area contributed by atoms with Gasteiger partial charge in [0.1, 0.15) is 0 Å². The van der Waals surface area contributed by atoms with Crippen molar-refractivity contribution in [2.75, 3.05) is 19.7 Å². The average Bonchev–Trinajstić information content (AvgIpc) is 2.58. The third-order valence-electron chi connectivity index (χ3n) is 4.26. The Morgan fingerprint density at radius 3 is 2.45 bits per heavy atom. The fraction of sp³-hybridized carbons (Fsp3) is 0.368. The van der Waals surface area contributed by atoms with Crippen molar-refractivity contribution in [3.8, 4) is 0 Å². The number of ether oxygens (including phenoxy) is 1. The number of rotatable bonds is 5. The number of hydrazine groups is 1. The molecule has 22 heavy (non-hydrogen) atoms. The van der Waals surface area contributed by atoms with Crippen LogP contribution >= 0.6 is 0 Å². The molecule has 3 heteroatoms. The van der Waals surface area contributed by atoms with Crippen molar-refractivity contribution < 1.29 is 4.74 Å². The van der Waals surface area contributed by atoms with E-state index in [1.54, 1.807) is 0 Å². The van der Waals surface area contributed by atoms with Crippen LogP contribution in [0.25, 0.3) is 0 Å². The molecule has 0 radical (unpaired) electrons. The second kappa shape index (κ2) is 7.54. The molecule has 1 fully saturated rings. The van der Waals surface area contributed by atoms with Crippen LogP contribution in [0.15, 0.2) is 60.7 Å². The third-order valence-corrected chi connectivity index (χ3v) is 4.26. The summed E-state index contributed by atoms with van der Waals surface area (Å²) in [6.07, 6.45) is 1.18. The second-order valence-electron chi connectivity index (χ2n) is 5.78. The molecule has 0 amide bonds. The van der Waals surface area contributed by atoms with Crippen LogP contribution in [-0.2, 0) is 11.2 Å². The van der Waals surface area contributed by atoms with E-state index in [1.807, 2.05) is 6.07 Å². The molecule has 2 atom stereocenters. The van der Waals surface area contributed by atoms with Gasteiger partial charge < -0.3 is 4.74 Å². The smallest absolute Gasteiger partial charge is 0.0991 e. The van der Waals surface area contributed by atoms with E-state index in [4.69, 9.17) is 4.74 Å². The van der Waals surface area contributed by atoms with E-state index < -0.39 is 0 Å². The van der Waals surface area contributed by atoms with Gasteiger partial charge in [-0.15, -0.1) is 0 Å². The summed E-state index contributed by atoms with van der Waals surface area (Å²) in [6, 6.07) is 21.4. The largest absolute Gasteiger partial charge is 0.370 e. The zero-order chi connectivity index (χ0) is 15.2. The van der Waals surface area contributed by atoms with Crippen molar-refractivity contribution in [1.29, 1.82) is 0 Å². The lowest BCUT2D eigenvalue weighted by Crippen LogP contribution is -2.53. The Morgan fingerprint density at radius 2 is 1.73 bits per heavy atom. The van der Waals surface area contributed by atoms with Crippen LogP contribution in [0.5, 0.6) is 0 Å². The summed E-state index contributed by atoms with van der Waals surface area (Å²) in [5.41, 5.74) is 6.20. The van der Waals surface area contributed by atoms with E-state index in [2.05, 4.69) is 72.0 Å². The molecule has 0 spiro atoms. The minimum absolute atomic E-state index is 0.138. The normalized spacial score (nSPS) is 22.6. The Kier molecular flexibility index (Phi) is 5.22. The highest BCUT2D eigenvalue weighted by atomic mass is 16.5. The summed E-state index contributed by atoms with van der Waals surface area (Å²) < 4.78 is 5.99. The molecular formula is C19H24N2O. The summed E-state index contributed by atoms with van der Waals surface area (Å²) in [5.74, 6) is 0. The van der Waals surface area contributed by atoms with E-state index in [9.17, 15) is 0 Å². The molecule has 1 N–H and O–H groups in total. The van der Waals surface area contributed by atoms with Crippen LogP contribution < -0.4 is 5.43 Å². The fourth-order valence-corrected chi connectivity index (χ4v) is 3.01. The molecule has 1 aliphatic rings. The summed E-state index contributed by atoms with van der Waals surface area (Å²) in [6.45, 7) is 4.88. The van der Waals surface area contributed by atoms with E-state index in [-0.39, 0.29) is 6.10 Å². The fourth-order valence-electron chi connectivity index (χ4n) is 3.01. The monoisotopic (exact) mass is 296 g/mol. The van der Waals surface area contributed by atoms with Gasteiger partial charge in [-0.3, -0.25) is 5.43 Å². The van der Waals surface area contributed by atoms with Gasteiger partial charge >= 0.3 is 0 Å². The molecule has 3 rings (SSSR count). The van der Waals surface area contributed by atoms with Crippen LogP contribution in [0.3, 0.4) is 0 Å². The predicted octanol–water partition coefficient (Wildman–Crippen LogP) is 3.20. The van der Waals surface area contributed by atoms with Gasteiger partial charge in [0.05, 0.1) is 18.8 Å². The summed E-state index contributed by atoms with van der Waals surface area (Å²) in [7, 11) is 0. The average molecular weight is 296 g/mol. The van der Waals surface area contributed by atoms with Crippen molar-refractivity contribution >= 4 is 0 Å². The van der Waals surface area contributed by atoms with Gasteiger partial charge in [-0.1, -0.05) is 60.7 Å². The lowest BCUT2D eigenvalue weighted by molar-refractivity contribution is -0.0867. The number of morpholine rings is 1. The molecule has 0 aromatic heterocycles. The van der Waals surface area contributed by atoms with Crippen molar-refractivity contribution in [2.24, 2.45) is 0 Å². The molecule has 1 aliphatic heterocycles. The minimum atomic E-state index is 0.138. The molecule has 0 bridgehead atoms. The Balaban J connectivity index is 1.55. The van der Waals surface area contributed by atoms with E-state index >= 15 is 0 Å². The molecule has 2 unspecified atom stereocenters. The standard InChI is InChI=1S/C19H24N2O/c1-16-19(18-10-6-3-7-11-18)22-15-14-21(16)20-13-12-17-8-4-2-5-9-17/h2-11,16,19-20H,12-15H2,1H3. The molecule has 1 heterocycles. The number of nitrogens with zero attached hydrogens (tertiary/aromatic N) is 1. The quantitative estimate of drug-likeness (QED) is 0.917. The highest BCUT2D eigenvalue weighted by Crippen LogP contribution is 2.27. The Hall–Kier alpha value is -1.68. The SMILES string of the molecule is CC1C(c2ccccc2)OCCN1NCCc1ccccc1. The van der Waals surface area contributed by atoms with Gasteiger partial charge in [-0.05, 0) is 24.5 Å². The summed E-state index contributed by atoms with van der Waals surface area (Å²) in [4.78, 5) is 0. The van der Waals surface area contributed by atoms with Gasteiger partial charge in [0.25, 0.3) is 0 Å².